The number of nitrogens with zero attached hydrogens (tertiary/aromatic N) is 4. The van der Waals surface area contributed by atoms with Crippen molar-refractivity contribution in [3.63, 3.8) is 0 Å². The maximum absolute atomic E-state index is 12.6. The Balaban J connectivity index is 1.23. The first kappa shape index (κ1) is 23.3. The summed E-state index contributed by atoms with van der Waals surface area (Å²) in [6.45, 7) is 6.71. The van der Waals surface area contributed by atoms with Crippen molar-refractivity contribution >= 4 is 11.9 Å². The SMILES string of the molecule is COc1ccc(-c2noc(N3CCC(C(=O)NCCCN4CCOCC4)CC3)n2)cc1OC. The fourth-order valence-electron chi connectivity index (χ4n) is 4.25. The number of amides is 1. The van der Waals surface area contributed by atoms with Crippen molar-refractivity contribution in [1.82, 2.24) is 20.4 Å². The van der Waals surface area contributed by atoms with E-state index in [0.29, 0.717) is 36.4 Å². The van der Waals surface area contributed by atoms with Crippen LogP contribution >= 0.6 is 0 Å². The molecule has 0 saturated carbocycles. The van der Waals surface area contributed by atoms with E-state index in [1.807, 2.05) is 23.1 Å². The Bertz CT molecular complexity index is 906. The minimum Gasteiger partial charge on any atom is -0.493 e. The van der Waals surface area contributed by atoms with E-state index in [0.717, 1.165) is 64.2 Å². The van der Waals surface area contributed by atoms with Crippen LogP contribution < -0.4 is 19.7 Å². The highest BCUT2D eigenvalue weighted by atomic mass is 16.5. The smallest absolute Gasteiger partial charge is 0.324 e. The Morgan fingerprint density at radius 1 is 1.12 bits per heavy atom. The van der Waals surface area contributed by atoms with E-state index in [4.69, 9.17) is 18.7 Å². The highest BCUT2D eigenvalue weighted by Gasteiger charge is 2.27. The number of nitrogens with one attached hydrogen (secondary N) is 1. The van der Waals surface area contributed by atoms with Crippen LogP contribution in [0.5, 0.6) is 11.5 Å². The number of rotatable bonds is 9. The van der Waals surface area contributed by atoms with Gasteiger partial charge in [0.15, 0.2) is 11.5 Å². The third kappa shape index (κ3) is 5.94. The van der Waals surface area contributed by atoms with Crippen LogP contribution in [-0.4, -0.2) is 87.6 Å². The number of carbonyl (C=O) groups is 1. The summed E-state index contributed by atoms with van der Waals surface area (Å²) in [7, 11) is 3.19. The van der Waals surface area contributed by atoms with Crippen LogP contribution in [0, 0.1) is 5.92 Å². The zero-order chi connectivity index (χ0) is 23.0. The van der Waals surface area contributed by atoms with Crippen molar-refractivity contribution in [2.75, 3.05) is 71.6 Å². The number of carbonyl (C=O) groups excluding carboxylic acids is 1. The molecule has 1 amide bonds. The van der Waals surface area contributed by atoms with E-state index in [-0.39, 0.29) is 11.8 Å². The largest absolute Gasteiger partial charge is 0.493 e. The molecule has 1 N–H and O–H groups in total. The number of hydrogen-bond donors (Lipinski definition) is 1. The minimum atomic E-state index is 0.0258. The molecule has 1 aromatic carbocycles. The van der Waals surface area contributed by atoms with Gasteiger partial charge in [0.1, 0.15) is 0 Å². The summed E-state index contributed by atoms with van der Waals surface area (Å²) < 4.78 is 21.5. The number of benzene rings is 1. The summed E-state index contributed by atoms with van der Waals surface area (Å²) in [5.74, 6) is 1.92. The van der Waals surface area contributed by atoms with Crippen LogP contribution in [-0.2, 0) is 9.53 Å². The van der Waals surface area contributed by atoms with Gasteiger partial charge in [-0.3, -0.25) is 9.69 Å². The summed E-state index contributed by atoms with van der Waals surface area (Å²) in [6, 6.07) is 5.98. The van der Waals surface area contributed by atoms with E-state index >= 15 is 0 Å². The van der Waals surface area contributed by atoms with Crippen LogP contribution in [0.1, 0.15) is 19.3 Å². The first-order chi connectivity index (χ1) is 16.2. The maximum atomic E-state index is 12.6. The van der Waals surface area contributed by atoms with E-state index in [1.165, 1.54) is 0 Å². The second-order valence-electron chi connectivity index (χ2n) is 8.33. The molecule has 10 heteroatoms. The Labute approximate surface area is 194 Å². The first-order valence-corrected chi connectivity index (χ1v) is 11.6. The topological polar surface area (TPSA) is 102 Å². The molecule has 0 bridgehead atoms. The van der Waals surface area contributed by atoms with Gasteiger partial charge in [-0.25, -0.2) is 0 Å². The van der Waals surface area contributed by atoms with Gasteiger partial charge in [-0.15, -0.1) is 0 Å². The highest BCUT2D eigenvalue weighted by Crippen LogP contribution is 2.32. The number of morpholine rings is 1. The van der Waals surface area contributed by atoms with Crippen LogP contribution in [0.4, 0.5) is 6.01 Å². The fourth-order valence-corrected chi connectivity index (χ4v) is 4.25. The van der Waals surface area contributed by atoms with Crippen molar-refractivity contribution in [3.8, 4) is 22.9 Å². The maximum Gasteiger partial charge on any atom is 0.324 e. The van der Waals surface area contributed by atoms with Gasteiger partial charge < -0.3 is 29.0 Å². The highest BCUT2D eigenvalue weighted by molar-refractivity contribution is 5.78. The summed E-state index contributed by atoms with van der Waals surface area (Å²) >= 11 is 0. The van der Waals surface area contributed by atoms with E-state index < -0.39 is 0 Å². The molecule has 0 aliphatic carbocycles. The van der Waals surface area contributed by atoms with Crippen LogP contribution in [0.2, 0.25) is 0 Å². The van der Waals surface area contributed by atoms with Gasteiger partial charge in [-0.1, -0.05) is 5.16 Å². The average Bonchev–Trinajstić information content (AvgIpc) is 3.37. The van der Waals surface area contributed by atoms with Crippen LogP contribution in [0.15, 0.2) is 22.7 Å². The van der Waals surface area contributed by atoms with Crippen molar-refractivity contribution < 1.29 is 23.5 Å². The molecule has 0 atom stereocenters. The Morgan fingerprint density at radius 2 is 1.88 bits per heavy atom. The summed E-state index contributed by atoms with van der Waals surface area (Å²) in [4.78, 5) is 21.5. The van der Waals surface area contributed by atoms with Gasteiger partial charge in [0.2, 0.25) is 11.7 Å². The standard InChI is InChI=1S/C23H33N5O5/c1-30-19-5-4-18(16-20(19)31-2)21-25-23(33-26-21)28-10-6-17(7-11-28)22(29)24-8-3-9-27-12-14-32-15-13-27/h4-5,16-17H,3,6-15H2,1-2H3,(H,24,29). The Morgan fingerprint density at radius 3 is 2.61 bits per heavy atom. The lowest BCUT2D eigenvalue weighted by Gasteiger charge is -2.30. The zero-order valence-corrected chi connectivity index (χ0v) is 19.4. The van der Waals surface area contributed by atoms with Gasteiger partial charge in [-0.2, -0.15) is 4.98 Å². The molecule has 0 unspecified atom stereocenters. The molecular formula is C23H33N5O5. The number of ether oxygens (including phenoxy) is 3. The Hall–Kier alpha value is -2.85. The first-order valence-electron chi connectivity index (χ1n) is 11.6. The van der Waals surface area contributed by atoms with Crippen molar-refractivity contribution in [1.29, 1.82) is 0 Å². The number of methoxy groups -OCH3 is 2. The molecule has 2 aliphatic rings. The summed E-state index contributed by atoms with van der Waals surface area (Å²) in [5, 5.41) is 7.22. The summed E-state index contributed by atoms with van der Waals surface area (Å²) in [5.41, 5.74) is 0.786. The lowest BCUT2D eigenvalue weighted by atomic mass is 9.96. The molecule has 2 saturated heterocycles. The van der Waals surface area contributed by atoms with Crippen LogP contribution in [0.3, 0.4) is 0 Å². The molecular weight excluding hydrogens is 426 g/mol. The average molecular weight is 460 g/mol. The molecule has 33 heavy (non-hydrogen) atoms. The lowest BCUT2D eigenvalue weighted by Crippen LogP contribution is -2.42. The molecule has 1 aromatic heterocycles. The van der Waals surface area contributed by atoms with Gasteiger partial charge in [-0.05, 0) is 44.0 Å². The van der Waals surface area contributed by atoms with Gasteiger partial charge in [0, 0.05) is 44.2 Å². The van der Waals surface area contributed by atoms with Crippen molar-refractivity contribution in [2.45, 2.75) is 19.3 Å². The molecule has 2 fully saturated rings. The number of aromatic nitrogens is 2. The van der Waals surface area contributed by atoms with E-state index in [2.05, 4.69) is 20.4 Å². The molecule has 180 valence electrons. The predicted octanol–water partition coefficient (Wildman–Crippen LogP) is 1.81. The molecule has 0 radical (unpaired) electrons. The third-order valence-electron chi connectivity index (χ3n) is 6.25. The zero-order valence-electron chi connectivity index (χ0n) is 19.4. The van der Waals surface area contributed by atoms with Gasteiger partial charge >= 0.3 is 6.01 Å². The molecule has 3 heterocycles. The Kier molecular flexibility index (Phi) is 8.01. The summed E-state index contributed by atoms with van der Waals surface area (Å²) in [6.07, 6.45) is 2.50. The van der Waals surface area contributed by atoms with Crippen LogP contribution in [0.25, 0.3) is 11.4 Å². The van der Waals surface area contributed by atoms with E-state index in [1.54, 1.807) is 14.2 Å². The number of anilines is 1. The second-order valence-corrected chi connectivity index (χ2v) is 8.33. The fraction of sp³-hybridized carbons (Fsp3) is 0.609. The minimum absolute atomic E-state index is 0.0258. The lowest BCUT2D eigenvalue weighted by molar-refractivity contribution is -0.125. The van der Waals surface area contributed by atoms with Crippen molar-refractivity contribution in [3.05, 3.63) is 18.2 Å². The molecule has 0 spiro atoms. The molecule has 10 nitrogen and oxygen atoms in total. The van der Waals surface area contributed by atoms with Gasteiger partial charge in [0.25, 0.3) is 0 Å². The van der Waals surface area contributed by atoms with E-state index in [9.17, 15) is 4.79 Å². The quantitative estimate of drug-likeness (QED) is 0.563. The monoisotopic (exact) mass is 459 g/mol. The molecule has 2 aromatic rings. The van der Waals surface area contributed by atoms with Crippen molar-refractivity contribution in [2.24, 2.45) is 5.92 Å². The third-order valence-corrected chi connectivity index (χ3v) is 6.25. The van der Waals surface area contributed by atoms with Gasteiger partial charge in [0.05, 0.1) is 27.4 Å². The normalized spacial score (nSPS) is 17.7. The number of hydrogen-bond acceptors (Lipinski definition) is 9. The number of piperidine rings is 1. The predicted molar refractivity (Wildman–Crippen MR) is 123 cm³/mol. The second kappa shape index (κ2) is 11.3. The molecule has 2 aliphatic heterocycles. The molecule has 4 rings (SSSR count).